The van der Waals surface area contributed by atoms with Crippen molar-refractivity contribution in [3.05, 3.63) is 24.3 Å². The van der Waals surface area contributed by atoms with Crippen LogP contribution in [0.3, 0.4) is 0 Å². The van der Waals surface area contributed by atoms with Gasteiger partial charge in [-0.25, -0.2) is 0 Å². The molecule has 0 aromatic carbocycles. The number of amides is 2. The lowest BCUT2D eigenvalue weighted by atomic mass is 9.77. The first-order valence-electron chi connectivity index (χ1n) is 13.8. The Labute approximate surface area is 221 Å². The van der Waals surface area contributed by atoms with Crippen LogP contribution in [0, 0.1) is 17.3 Å². The molecule has 0 radical (unpaired) electrons. The molecule has 206 valence electrons. The van der Waals surface area contributed by atoms with Gasteiger partial charge in [-0.1, -0.05) is 45.1 Å². The van der Waals surface area contributed by atoms with Crippen LogP contribution in [0.1, 0.15) is 73.1 Å². The summed E-state index contributed by atoms with van der Waals surface area (Å²) in [4.78, 5) is 45.3. The lowest BCUT2D eigenvalue weighted by molar-refractivity contribution is -0.156. The SMILES string of the molecule is CC(C)(C)CC(C)(C)N1CC=C[C@]23O[C@@H]4/C=C\CCCCOC(=O)[C@@H]4[C@H]2C(=O)N(CCCCO)C3C1=O. The third kappa shape index (κ3) is 5.24. The normalized spacial score (nSPS) is 33.5. The Kier molecular flexibility index (Phi) is 7.92. The Balaban J connectivity index is 1.78. The molecule has 2 saturated heterocycles. The van der Waals surface area contributed by atoms with Crippen LogP contribution in [0.15, 0.2) is 24.3 Å². The van der Waals surface area contributed by atoms with Crippen LogP contribution >= 0.6 is 0 Å². The number of cyclic esters (lactones) is 1. The molecule has 4 heterocycles. The maximum absolute atomic E-state index is 14.4. The molecule has 8 heteroatoms. The second kappa shape index (κ2) is 10.5. The average molecular weight is 517 g/mol. The van der Waals surface area contributed by atoms with Crippen molar-refractivity contribution in [1.29, 1.82) is 0 Å². The zero-order chi connectivity index (χ0) is 27.0. The van der Waals surface area contributed by atoms with Crippen LogP contribution in [0.5, 0.6) is 0 Å². The quantitative estimate of drug-likeness (QED) is 0.331. The highest BCUT2D eigenvalue weighted by molar-refractivity contribution is 5.99. The fourth-order valence-electron chi connectivity index (χ4n) is 6.99. The number of unbranched alkanes of at least 4 members (excludes halogenated alkanes) is 1. The van der Waals surface area contributed by atoms with Crippen molar-refractivity contribution in [2.45, 2.75) is 96.4 Å². The molecule has 0 bridgehead atoms. The highest BCUT2D eigenvalue weighted by Gasteiger charge is 2.72. The van der Waals surface area contributed by atoms with E-state index in [1.54, 1.807) is 4.90 Å². The number of ether oxygens (including phenoxy) is 2. The minimum Gasteiger partial charge on any atom is -0.465 e. The number of esters is 1. The molecule has 2 amide bonds. The molecule has 1 N–H and O–H groups in total. The van der Waals surface area contributed by atoms with Crippen molar-refractivity contribution < 1.29 is 29.0 Å². The Bertz CT molecular complexity index is 951. The van der Waals surface area contributed by atoms with E-state index in [1.807, 2.05) is 29.2 Å². The van der Waals surface area contributed by atoms with Gasteiger partial charge in [0, 0.05) is 25.2 Å². The van der Waals surface area contributed by atoms with Gasteiger partial charge in [-0.15, -0.1) is 0 Å². The summed E-state index contributed by atoms with van der Waals surface area (Å²) < 4.78 is 12.3. The van der Waals surface area contributed by atoms with E-state index < -0.39 is 41.1 Å². The van der Waals surface area contributed by atoms with E-state index >= 15 is 0 Å². The summed E-state index contributed by atoms with van der Waals surface area (Å²) >= 11 is 0. The number of aliphatic hydroxyl groups excluding tert-OH is 1. The predicted molar refractivity (Wildman–Crippen MR) is 139 cm³/mol. The number of rotatable bonds is 6. The summed E-state index contributed by atoms with van der Waals surface area (Å²) in [5.74, 6) is -2.47. The Hall–Kier alpha value is -2.19. The maximum atomic E-state index is 14.4. The van der Waals surface area contributed by atoms with Crippen molar-refractivity contribution in [2.75, 3.05) is 26.3 Å². The number of nitrogens with zero attached hydrogens (tertiary/aromatic N) is 2. The summed E-state index contributed by atoms with van der Waals surface area (Å²) in [7, 11) is 0. The van der Waals surface area contributed by atoms with Crippen LogP contribution in [0.25, 0.3) is 0 Å². The Morgan fingerprint density at radius 2 is 1.81 bits per heavy atom. The first kappa shape index (κ1) is 27.8. The molecule has 37 heavy (non-hydrogen) atoms. The number of fused-ring (bicyclic) bond motifs is 2. The van der Waals surface area contributed by atoms with Gasteiger partial charge in [-0.2, -0.15) is 0 Å². The van der Waals surface area contributed by atoms with Gasteiger partial charge in [0.2, 0.25) is 11.8 Å². The van der Waals surface area contributed by atoms with E-state index in [0.717, 1.165) is 25.7 Å². The van der Waals surface area contributed by atoms with Gasteiger partial charge in [0.25, 0.3) is 0 Å². The Morgan fingerprint density at radius 1 is 1.05 bits per heavy atom. The minimum absolute atomic E-state index is 0.00674. The van der Waals surface area contributed by atoms with Crippen LogP contribution in [-0.2, 0) is 23.9 Å². The van der Waals surface area contributed by atoms with Crippen molar-refractivity contribution in [1.82, 2.24) is 9.80 Å². The fraction of sp³-hybridized carbons (Fsp3) is 0.759. The van der Waals surface area contributed by atoms with E-state index in [1.165, 1.54) is 0 Å². The van der Waals surface area contributed by atoms with Gasteiger partial charge in [0.05, 0.1) is 18.6 Å². The van der Waals surface area contributed by atoms with Crippen LogP contribution in [0.4, 0.5) is 0 Å². The van der Waals surface area contributed by atoms with E-state index in [-0.39, 0.29) is 23.8 Å². The lowest BCUT2D eigenvalue weighted by Gasteiger charge is -2.44. The van der Waals surface area contributed by atoms with Gasteiger partial charge in [-0.3, -0.25) is 14.4 Å². The molecule has 5 atom stereocenters. The molecule has 4 rings (SSSR count). The van der Waals surface area contributed by atoms with Crippen molar-refractivity contribution >= 4 is 17.8 Å². The number of likely N-dealkylation sites (tertiary alicyclic amines) is 1. The van der Waals surface area contributed by atoms with Gasteiger partial charge in [-0.05, 0) is 57.8 Å². The van der Waals surface area contributed by atoms with Crippen LogP contribution < -0.4 is 0 Å². The number of hydrogen-bond donors (Lipinski definition) is 1. The molecule has 4 aliphatic heterocycles. The molecule has 0 aliphatic carbocycles. The number of carbonyl (C=O) groups excluding carboxylic acids is 3. The van der Waals surface area contributed by atoms with Gasteiger partial charge in [0.15, 0.2) is 0 Å². The molecular weight excluding hydrogens is 472 g/mol. The fourth-order valence-corrected chi connectivity index (χ4v) is 6.99. The van der Waals surface area contributed by atoms with Gasteiger partial charge in [0.1, 0.15) is 17.6 Å². The molecular formula is C29H44N2O6. The smallest absolute Gasteiger partial charge is 0.312 e. The number of aliphatic hydroxyl groups is 1. The number of hydrogen-bond acceptors (Lipinski definition) is 6. The standard InChI is InChI=1S/C29H44N2O6/c1-27(2,3)19-28(4,5)31-16-12-14-29-22(24(33)30(15-9-10-17-32)23(29)25(31)34)21-20(37-29)13-8-6-7-11-18-36-26(21)35/h8,12-14,20-23,32H,6-7,9-11,15-19H2,1-5H3/b13-8-/t20-,21+,22+,23?,29+/m1/s1. The molecule has 8 nitrogen and oxygen atoms in total. The second-order valence-electron chi connectivity index (χ2n) is 12.8. The molecule has 4 aliphatic rings. The summed E-state index contributed by atoms with van der Waals surface area (Å²) in [6, 6.07) is -0.875. The highest BCUT2D eigenvalue weighted by Crippen LogP contribution is 2.53. The van der Waals surface area contributed by atoms with E-state index in [4.69, 9.17) is 9.47 Å². The molecule has 1 unspecified atom stereocenters. The zero-order valence-corrected chi connectivity index (χ0v) is 23.1. The summed E-state index contributed by atoms with van der Waals surface area (Å²) in [6.45, 7) is 11.7. The van der Waals surface area contributed by atoms with Gasteiger partial charge >= 0.3 is 5.97 Å². The second-order valence-corrected chi connectivity index (χ2v) is 12.8. The third-order valence-corrected chi connectivity index (χ3v) is 8.10. The number of allylic oxidation sites excluding steroid dienone is 1. The molecule has 1 spiro atoms. The van der Waals surface area contributed by atoms with Crippen LogP contribution in [-0.4, -0.2) is 82.3 Å². The van der Waals surface area contributed by atoms with E-state index in [2.05, 4.69) is 34.6 Å². The van der Waals surface area contributed by atoms with Crippen LogP contribution in [0.2, 0.25) is 0 Å². The lowest BCUT2D eigenvalue weighted by Crippen LogP contribution is -2.59. The molecule has 2 fully saturated rings. The average Bonchev–Trinajstić information content (AvgIpc) is 3.17. The van der Waals surface area contributed by atoms with Crippen molar-refractivity contribution in [3.63, 3.8) is 0 Å². The van der Waals surface area contributed by atoms with Crippen molar-refractivity contribution in [3.8, 4) is 0 Å². The molecule has 0 saturated carbocycles. The molecule has 0 aromatic heterocycles. The summed E-state index contributed by atoms with van der Waals surface area (Å²) in [5, 5.41) is 9.37. The first-order valence-corrected chi connectivity index (χ1v) is 13.8. The summed E-state index contributed by atoms with van der Waals surface area (Å²) in [5.41, 5.74) is -1.71. The van der Waals surface area contributed by atoms with E-state index in [0.29, 0.717) is 32.5 Å². The first-order chi connectivity index (χ1) is 17.4. The summed E-state index contributed by atoms with van der Waals surface area (Å²) in [6.07, 6.45) is 11.5. The largest absolute Gasteiger partial charge is 0.465 e. The monoisotopic (exact) mass is 516 g/mol. The topological polar surface area (TPSA) is 96.4 Å². The maximum Gasteiger partial charge on any atom is 0.312 e. The van der Waals surface area contributed by atoms with Crippen molar-refractivity contribution in [2.24, 2.45) is 17.3 Å². The number of carbonyl (C=O) groups is 3. The predicted octanol–water partition coefficient (Wildman–Crippen LogP) is 3.24. The highest BCUT2D eigenvalue weighted by atomic mass is 16.6. The zero-order valence-electron chi connectivity index (χ0n) is 23.1. The molecule has 0 aromatic rings. The Morgan fingerprint density at radius 3 is 2.51 bits per heavy atom. The minimum atomic E-state index is -1.24. The third-order valence-electron chi connectivity index (χ3n) is 8.10. The van der Waals surface area contributed by atoms with E-state index in [9.17, 15) is 19.5 Å². The van der Waals surface area contributed by atoms with Gasteiger partial charge < -0.3 is 24.4 Å².